The number of amides is 1. The van der Waals surface area contributed by atoms with Crippen molar-refractivity contribution in [3.05, 3.63) is 71.9 Å². The van der Waals surface area contributed by atoms with Gasteiger partial charge in [-0.15, -0.1) is 0 Å². The maximum absolute atomic E-state index is 11.6. The lowest BCUT2D eigenvalue weighted by Gasteiger charge is -2.12. The zero-order valence-corrected chi connectivity index (χ0v) is 15.2. The van der Waals surface area contributed by atoms with Gasteiger partial charge in [0.1, 0.15) is 12.4 Å². The molecule has 0 spiro atoms. The average molecular weight is 374 g/mol. The molecule has 0 atom stereocenters. The van der Waals surface area contributed by atoms with Crippen LogP contribution in [0.15, 0.2) is 60.8 Å². The Morgan fingerprint density at radius 2 is 1.93 bits per heavy atom. The number of methoxy groups -OCH3 is 1. The Labute approximate surface area is 161 Å². The summed E-state index contributed by atoms with van der Waals surface area (Å²) >= 11 is 0. The van der Waals surface area contributed by atoms with E-state index in [0.29, 0.717) is 29.2 Å². The number of primary amides is 1. The third-order valence-electron chi connectivity index (χ3n) is 4.61. The van der Waals surface area contributed by atoms with Crippen molar-refractivity contribution in [3.63, 3.8) is 0 Å². The fraction of sp³-hybridized carbons (Fsp3) is 0.0909. The molecule has 3 N–H and O–H groups in total. The molecular formula is C22H18N2O4. The summed E-state index contributed by atoms with van der Waals surface area (Å²) in [6.07, 6.45) is 1.63. The van der Waals surface area contributed by atoms with E-state index < -0.39 is 5.91 Å². The molecule has 0 unspecified atom stereocenters. The highest BCUT2D eigenvalue weighted by atomic mass is 16.5. The second-order valence-corrected chi connectivity index (χ2v) is 6.36. The molecule has 0 saturated carbocycles. The third kappa shape index (κ3) is 3.16. The predicted octanol–water partition coefficient (Wildman–Crippen LogP) is 3.78. The Morgan fingerprint density at radius 3 is 2.71 bits per heavy atom. The van der Waals surface area contributed by atoms with Crippen LogP contribution >= 0.6 is 0 Å². The van der Waals surface area contributed by atoms with Gasteiger partial charge in [-0.1, -0.05) is 24.3 Å². The highest BCUT2D eigenvalue weighted by Crippen LogP contribution is 2.34. The quantitative estimate of drug-likeness (QED) is 0.554. The van der Waals surface area contributed by atoms with Gasteiger partial charge in [0.05, 0.1) is 12.6 Å². The fourth-order valence-corrected chi connectivity index (χ4v) is 3.22. The van der Waals surface area contributed by atoms with Crippen LogP contribution in [0.3, 0.4) is 0 Å². The highest BCUT2D eigenvalue weighted by Gasteiger charge is 2.10. The Bertz CT molecular complexity index is 1200. The summed E-state index contributed by atoms with van der Waals surface area (Å²) in [4.78, 5) is 15.8. The number of nitrogens with two attached hydrogens (primary N) is 1. The number of hydrogen-bond donors (Lipinski definition) is 2. The molecule has 0 aliphatic carbocycles. The lowest BCUT2D eigenvalue weighted by molar-refractivity contribution is 0.100. The lowest BCUT2D eigenvalue weighted by atomic mass is 10.0. The summed E-state index contributed by atoms with van der Waals surface area (Å²) in [5.74, 6) is 0.568. The summed E-state index contributed by atoms with van der Waals surface area (Å²) in [5, 5.41) is 12.4. The molecule has 140 valence electrons. The zero-order valence-electron chi connectivity index (χ0n) is 15.2. The third-order valence-corrected chi connectivity index (χ3v) is 4.61. The van der Waals surface area contributed by atoms with Gasteiger partial charge in [0.15, 0.2) is 11.5 Å². The van der Waals surface area contributed by atoms with Crippen LogP contribution in [0.4, 0.5) is 0 Å². The standard InChI is InChI=1S/C22H18N2O4/c1-27-21-10-17-18(11-19(21)25)24-8-7-20(17)28-12-13-5-6-15-14(9-13)3-2-4-16(15)22(23)26/h2-11,25H,12H2,1H3,(H2,23,26). The van der Waals surface area contributed by atoms with E-state index in [-0.39, 0.29) is 5.75 Å². The fourth-order valence-electron chi connectivity index (χ4n) is 3.22. The van der Waals surface area contributed by atoms with Gasteiger partial charge in [0, 0.05) is 23.2 Å². The van der Waals surface area contributed by atoms with Crippen molar-refractivity contribution < 1.29 is 19.4 Å². The molecule has 6 heteroatoms. The minimum Gasteiger partial charge on any atom is -0.504 e. The Balaban J connectivity index is 1.65. The van der Waals surface area contributed by atoms with Crippen molar-refractivity contribution in [1.29, 1.82) is 0 Å². The van der Waals surface area contributed by atoms with Crippen LogP contribution in [0.25, 0.3) is 21.7 Å². The Kier molecular flexibility index (Phi) is 4.45. The van der Waals surface area contributed by atoms with Crippen molar-refractivity contribution in [1.82, 2.24) is 4.98 Å². The van der Waals surface area contributed by atoms with Gasteiger partial charge in [0.2, 0.25) is 5.91 Å². The molecule has 0 saturated heterocycles. The van der Waals surface area contributed by atoms with Crippen molar-refractivity contribution >= 4 is 27.6 Å². The van der Waals surface area contributed by atoms with E-state index in [1.54, 1.807) is 30.5 Å². The van der Waals surface area contributed by atoms with Gasteiger partial charge in [-0.2, -0.15) is 0 Å². The monoisotopic (exact) mass is 374 g/mol. The van der Waals surface area contributed by atoms with Crippen molar-refractivity contribution in [2.24, 2.45) is 5.73 Å². The number of phenols is 1. The van der Waals surface area contributed by atoms with Crippen LogP contribution in [-0.2, 0) is 6.61 Å². The number of carbonyl (C=O) groups is 1. The SMILES string of the molecule is COc1cc2c(OCc3ccc4c(C(N)=O)cccc4c3)ccnc2cc1O. The highest BCUT2D eigenvalue weighted by molar-refractivity contribution is 6.06. The summed E-state index contributed by atoms with van der Waals surface area (Å²) in [6, 6.07) is 16.2. The number of ether oxygens (including phenoxy) is 2. The van der Waals surface area contributed by atoms with E-state index in [1.807, 2.05) is 30.3 Å². The van der Waals surface area contributed by atoms with Gasteiger partial charge in [-0.25, -0.2) is 0 Å². The number of carbonyl (C=O) groups excluding carboxylic acids is 1. The first-order valence-corrected chi connectivity index (χ1v) is 8.67. The van der Waals surface area contributed by atoms with E-state index >= 15 is 0 Å². The van der Waals surface area contributed by atoms with Gasteiger partial charge in [-0.05, 0) is 40.6 Å². The first kappa shape index (κ1) is 17.6. The molecule has 6 nitrogen and oxygen atoms in total. The van der Waals surface area contributed by atoms with Gasteiger partial charge < -0.3 is 20.3 Å². The van der Waals surface area contributed by atoms with E-state index in [9.17, 15) is 9.90 Å². The average Bonchev–Trinajstić information content (AvgIpc) is 2.70. The van der Waals surface area contributed by atoms with Crippen LogP contribution in [0.1, 0.15) is 15.9 Å². The smallest absolute Gasteiger partial charge is 0.249 e. The Hall–Kier alpha value is -3.80. The number of hydrogen-bond acceptors (Lipinski definition) is 5. The van der Waals surface area contributed by atoms with E-state index in [0.717, 1.165) is 21.7 Å². The summed E-state index contributed by atoms with van der Waals surface area (Å²) in [6.45, 7) is 0.332. The van der Waals surface area contributed by atoms with Crippen LogP contribution in [0.5, 0.6) is 17.2 Å². The minimum absolute atomic E-state index is 0.0273. The predicted molar refractivity (Wildman–Crippen MR) is 107 cm³/mol. The van der Waals surface area contributed by atoms with E-state index in [2.05, 4.69) is 4.98 Å². The number of fused-ring (bicyclic) bond motifs is 2. The molecule has 28 heavy (non-hydrogen) atoms. The molecule has 0 aliphatic rings. The number of nitrogens with zero attached hydrogens (tertiary/aromatic N) is 1. The number of phenolic OH excluding ortho intramolecular Hbond substituents is 1. The summed E-state index contributed by atoms with van der Waals surface area (Å²) in [5.41, 5.74) is 7.50. The first-order chi connectivity index (χ1) is 13.6. The summed E-state index contributed by atoms with van der Waals surface area (Å²) < 4.78 is 11.2. The molecule has 0 fully saturated rings. The van der Waals surface area contributed by atoms with Gasteiger partial charge >= 0.3 is 0 Å². The molecule has 1 amide bonds. The van der Waals surface area contributed by atoms with Gasteiger partial charge in [0.25, 0.3) is 0 Å². The molecule has 0 bridgehead atoms. The lowest BCUT2D eigenvalue weighted by Crippen LogP contribution is -2.11. The topological polar surface area (TPSA) is 94.7 Å². The summed E-state index contributed by atoms with van der Waals surface area (Å²) in [7, 11) is 1.49. The molecular weight excluding hydrogens is 356 g/mol. The second-order valence-electron chi connectivity index (χ2n) is 6.36. The molecule has 1 aromatic heterocycles. The number of pyridine rings is 1. The largest absolute Gasteiger partial charge is 0.504 e. The minimum atomic E-state index is -0.449. The van der Waals surface area contributed by atoms with Crippen molar-refractivity contribution in [3.8, 4) is 17.2 Å². The molecule has 0 radical (unpaired) electrons. The molecule has 1 heterocycles. The molecule has 3 aromatic carbocycles. The van der Waals surface area contributed by atoms with Crippen LogP contribution < -0.4 is 15.2 Å². The second kappa shape index (κ2) is 7.08. The van der Waals surface area contributed by atoms with Crippen molar-refractivity contribution in [2.45, 2.75) is 6.61 Å². The number of benzene rings is 3. The number of aromatic nitrogens is 1. The maximum Gasteiger partial charge on any atom is 0.249 e. The van der Waals surface area contributed by atoms with Crippen LogP contribution in [-0.4, -0.2) is 23.1 Å². The van der Waals surface area contributed by atoms with Gasteiger partial charge in [-0.3, -0.25) is 9.78 Å². The maximum atomic E-state index is 11.6. The van der Waals surface area contributed by atoms with E-state index in [1.165, 1.54) is 7.11 Å². The number of rotatable bonds is 5. The normalized spacial score (nSPS) is 10.9. The van der Waals surface area contributed by atoms with Crippen LogP contribution in [0.2, 0.25) is 0 Å². The van der Waals surface area contributed by atoms with E-state index in [4.69, 9.17) is 15.2 Å². The van der Waals surface area contributed by atoms with Crippen molar-refractivity contribution in [2.75, 3.05) is 7.11 Å². The first-order valence-electron chi connectivity index (χ1n) is 8.67. The molecule has 4 rings (SSSR count). The van der Waals surface area contributed by atoms with Crippen LogP contribution in [0, 0.1) is 0 Å². The number of aromatic hydroxyl groups is 1. The molecule has 4 aromatic rings. The molecule has 0 aliphatic heterocycles. The Morgan fingerprint density at radius 1 is 1.07 bits per heavy atom. The zero-order chi connectivity index (χ0) is 19.7.